The fraction of sp³-hybridized carbons (Fsp3) is 0.400. The quantitative estimate of drug-likeness (QED) is 0.811. The Morgan fingerprint density at radius 1 is 1.28 bits per heavy atom. The number of halogens is 1. The maximum atomic E-state index is 12.6. The van der Waals surface area contributed by atoms with Gasteiger partial charge in [-0.2, -0.15) is 0 Å². The van der Waals surface area contributed by atoms with Crippen LogP contribution in [0.1, 0.15) is 29.6 Å². The first kappa shape index (κ1) is 10.6. The molecule has 0 amide bonds. The largest absolute Gasteiger partial charge is 0.360 e. The number of carbonyl (C=O) groups excluding carboxylic acids is 1. The maximum absolute atomic E-state index is 12.6. The van der Waals surface area contributed by atoms with Crippen LogP contribution in [0.3, 0.4) is 0 Å². The van der Waals surface area contributed by atoms with Gasteiger partial charge < -0.3 is 4.98 Å². The van der Waals surface area contributed by atoms with Crippen LogP contribution in [0.5, 0.6) is 0 Å². The lowest BCUT2D eigenvalue weighted by molar-refractivity contribution is 0.0953. The Bertz CT molecular complexity index is 635. The number of Topliss-reactive ketones (excluding diaryl/α,β-unsaturated/α-hetero) is 1. The summed E-state index contributed by atoms with van der Waals surface area (Å²) in [4.78, 5) is 15.7. The molecule has 1 aromatic carbocycles. The van der Waals surface area contributed by atoms with Gasteiger partial charge in [0.25, 0.3) is 0 Å². The molecule has 0 spiro atoms. The Labute approximate surface area is 110 Å². The molecule has 2 saturated carbocycles. The summed E-state index contributed by atoms with van der Waals surface area (Å²) >= 11 is 6.22. The van der Waals surface area contributed by atoms with Gasteiger partial charge in [0.15, 0.2) is 5.78 Å². The minimum Gasteiger partial charge on any atom is -0.360 e. The SMILES string of the molecule is O=C(c1c[nH]c2cccc(Cl)c12)C1C2CCCC21. The number of nitrogens with one attached hydrogen (secondary N) is 1. The van der Waals surface area contributed by atoms with E-state index >= 15 is 0 Å². The lowest BCUT2D eigenvalue weighted by Gasteiger charge is -2.02. The summed E-state index contributed by atoms with van der Waals surface area (Å²) in [6.45, 7) is 0. The topological polar surface area (TPSA) is 32.9 Å². The molecule has 3 heteroatoms. The smallest absolute Gasteiger partial charge is 0.168 e. The molecule has 2 aliphatic carbocycles. The normalized spacial score (nSPS) is 29.5. The van der Waals surface area contributed by atoms with E-state index < -0.39 is 0 Å². The van der Waals surface area contributed by atoms with Gasteiger partial charge in [-0.3, -0.25) is 4.79 Å². The van der Waals surface area contributed by atoms with Crippen LogP contribution < -0.4 is 0 Å². The minimum atomic E-state index is 0.272. The second-order valence-electron chi connectivity index (χ2n) is 5.51. The summed E-state index contributed by atoms with van der Waals surface area (Å²) in [5.74, 6) is 1.88. The third kappa shape index (κ3) is 1.33. The highest BCUT2D eigenvalue weighted by atomic mass is 35.5. The number of fused-ring (bicyclic) bond motifs is 2. The number of hydrogen-bond acceptors (Lipinski definition) is 1. The van der Waals surface area contributed by atoms with Crippen molar-refractivity contribution in [2.24, 2.45) is 17.8 Å². The predicted molar refractivity (Wildman–Crippen MR) is 72.0 cm³/mol. The Morgan fingerprint density at radius 3 is 2.83 bits per heavy atom. The highest BCUT2D eigenvalue weighted by Crippen LogP contribution is 2.58. The highest BCUT2D eigenvalue weighted by molar-refractivity contribution is 6.37. The van der Waals surface area contributed by atoms with Crippen molar-refractivity contribution >= 4 is 28.3 Å². The Balaban J connectivity index is 1.77. The zero-order valence-electron chi connectivity index (χ0n) is 9.95. The molecule has 2 atom stereocenters. The van der Waals surface area contributed by atoms with Crippen LogP contribution in [-0.4, -0.2) is 10.8 Å². The third-order valence-corrected chi connectivity index (χ3v) is 4.94. The average molecular weight is 260 g/mol. The van der Waals surface area contributed by atoms with E-state index in [-0.39, 0.29) is 5.92 Å². The van der Waals surface area contributed by atoms with Crippen molar-refractivity contribution in [3.63, 3.8) is 0 Å². The second kappa shape index (κ2) is 3.61. The van der Waals surface area contributed by atoms with Crippen molar-refractivity contribution in [1.29, 1.82) is 0 Å². The molecule has 0 bridgehead atoms. The molecule has 2 unspecified atom stereocenters. The molecule has 92 valence electrons. The van der Waals surface area contributed by atoms with Crippen molar-refractivity contribution in [2.45, 2.75) is 19.3 Å². The van der Waals surface area contributed by atoms with Crippen LogP contribution in [0.2, 0.25) is 5.02 Å². The van der Waals surface area contributed by atoms with Crippen molar-refractivity contribution in [2.75, 3.05) is 0 Å². The van der Waals surface area contributed by atoms with E-state index in [9.17, 15) is 4.79 Å². The average Bonchev–Trinajstić information content (AvgIpc) is 2.79. The Morgan fingerprint density at radius 2 is 2.06 bits per heavy atom. The number of aromatic amines is 1. The van der Waals surface area contributed by atoms with E-state index in [0.717, 1.165) is 16.5 Å². The number of carbonyl (C=O) groups is 1. The third-order valence-electron chi connectivity index (χ3n) is 4.63. The van der Waals surface area contributed by atoms with Gasteiger partial charge >= 0.3 is 0 Å². The number of ketones is 1. The molecule has 18 heavy (non-hydrogen) atoms. The van der Waals surface area contributed by atoms with E-state index in [1.807, 2.05) is 24.4 Å². The number of aromatic nitrogens is 1. The van der Waals surface area contributed by atoms with Gasteiger partial charge in [0, 0.05) is 28.6 Å². The highest BCUT2D eigenvalue weighted by Gasteiger charge is 2.56. The van der Waals surface area contributed by atoms with Gasteiger partial charge in [0.05, 0.1) is 5.02 Å². The molecular weight excluding hydrogens is 246 g/mol. The molecule has 2 nitrogen and oxygen atoms in total. The summed E-state index contributed by atoms with van der Waals surface area (Å²) in [5.41, 5.74) is 1.74. The Kier molecular flexibility index (Phi) is 2.13. The summed E-state index contributed by atoms with van der Waals surface area (Å²) in [6, 6.07) is 5.72. The lowest BCUT2D eigenvalue weighted by Crippen LogP contribution is -2.05. The van der Waals surface area contributed by atoms with Crippen molar-refractivity contribution < 1.29 is 4.79 Å². The van der Waals surface area contributed by atoms with E-state index in [1.165, 1.54) is 19.3 Å². The van der Waals surface area contributed by atoms with Crippen LogP contribution in [-0.2, 0) is 0 Å². The Hall–Kier alpha value is -1.28. The van der Waals surface area contributed by atoms with Crippen molar-refractivity contribution in [3.8, 4) is 0 Å². The first-order valence-electron chi connectivity index (χ1n) is 6.57. The molecule has 0 aliphatic heterocycles. The predicted octanol–water partition coefficient (Wildman–Crippen LogP) is 4.05. The number of H-pyrrole nitrogens is 1. The monoisotopic (exact) mass is 259 g/mol. The molecule has 1 aromatic heterocycles. The van der Waals surface area contributed by atoms with Crippen LogP contribution in [0.15, 0.2) is 24.4 Å². The minimum absolute atomic E-state index is 0.272. The molecular formula is C15H14ClNO. The number of hydrogen-bond donors (Lipinski definition) is 1. The fourth-order valence-electron chi connectivity index (χ4n) is 3.72. The van der Waals surface area contributed by atoms with E-state index in [0.29, 0.717) is 22.6 Å². The van der Waals surface area contributed by atoms with Gasteiger partial charge in [-0.25, -0.2) is 0 Å². The van der Waals surface area contributed by atoms with E-state index in [1.54, 1.807) is 0 Å². The molecule has 0 saturated heterocycles. The van der Waals surface area contributed by atoms with Crippen LogP contribution in [0.25, 0.3) is 10.9 Å². The molecule has 1 N–H and O–H groups in total. The number of rotatable bonds is 2. The molecule has 4 rings (SSSR count). The van der Waals surface area contributed by atoms with Gasteiger partial charge in [-0.1, -0.05) is 24.1 Å². The van der Waals surface area contributed by atoms with E-state index in [4.69, 9.17) is 11.6 Å². The molecule has 0 radical (unpaired) electrons. The maximum Gasteiger partial charge on any atom is 0.168 e. The van der Waals surface area contributed by atoms with Gasteiger partial charge in [-0.05, 0) is 36.8 Å². The van der Waals surface area contributed by atoms with Crippen LogP contribution >= 0.6 is 11.6 Å². The zero-order valence-corrected chi connectivity index (χ0v) is 10.7. The zero-order chi connectivity index (χ0) is 12.3. The molecule has 1 heterocycles. The summed E-state index contributed by atoms with van der Waals surface area (Å²) in [7, 11) is 0. The first-order chi connectivity index (χ1) is 8.77. The van der Waals surface area contributed by atoms with Gasteiger partial charge in [-0.15, -0.1) is 0 Å². The molecule has 2 aliphatic rings. The number of benzene rings is 1. The molecule has 2 aromatic rings. The standard InChI is InChI=1S/C15H14ClNO/c16-11-5-2-6-12-14(11)10(7-17-12)15(18)13-8-3-1-4-9(8)13/h2,5-9,13,17H,1,3-4H2. The van der Waals surface area contributed by atoms with Gasteiger partial charge in [0.1, 0.15) is 0 Å². The summed E-state index contributed by atoms with van der Waals surface area (Å²) in [5, 5.41) is 1.57. The first-order valence-corrected chi connectivity index (χ1v) is 6.95. The summed E-state index contributed by atoms with van der Waals surface area (Å²) < 4.78 is 0. The molecule has 2 fully saturated rings. The fourth-order valence-corrected chi connectivity index (χ4v) is 4.00. The van der Waals surface area contributed by atoms with Gasteiger partial charge in [0.2, 0.25) is 0 Å². The van der Waals surface area contributed by atoms with Crippen molar-refractivity contribution in [1.82, 2.24) is 4.98 Å². The van der Waals surface area contributed by atoms with Crippen LogP contribution in [0, 0.1) is 17.8 Å². The van der Waals surface area contributed by atoms with Crippen molar-refractivity contribution in [3.05, 3.63) is 35.0 Å². The summed E-state index contributed by atoms with van der Waals surface area (Å²) in [6.07, 6.45) is 5.59. The second-order valence-corrected chi connectivity index (χ2v) is 5.92. The lowest BCUT2D eigenvalue weighted by atomic mass is 10.0. The van der Waals surface area contributed by atoms with E-state index in [2.05, 4.69) is 4.98 Å². The van der Waals surface area contributed by atoms with Crippen LogP contribution in [0.4, 0.5) is 0 Å².